The van der Waals surface area contributed by atoms with Crippen molar-refractivity contribution in [2.75, 3.05) is 4.90 Å². The number of thioether (sulfide) groups is 1. The average molecular weight is 523 g/mol. The highest BCUT2D eigenvalue weighted by molar-refractivity contribution is 9.10. The van der Waals surface area contributed by atoms with E-state index >= 15 is 0 Å². The van der Waals surface area contributed by atoms with E-state index in [1.807, 2.05) is 60.8 Å². The molecule has 32 heavy (non-hydrogen) atoms. The molecular weight excluding hydrogens is 507 g/mol. The number of aromatic nitrogens is 1. The van der Waals surface area contributed by atoms with Crippen molar-refractivity contribution in [3.8, 4) is 0 Å². The van der Waals surface area contributed by atoms with Crippen LogP contribution < -0.4 is 4.90 Å². The number of hydrogen-bond acceptors (Lipinski definition) is 3. The van der Waals surface area contributed by atoms with Crippen molar-refractivity contribution in [3.63, 3.8) is 0 Å². The highest BCUT2D eigenvalue weighted by atomic mass is 79.9. The fourth-order valence-corrected chi connectivity index (χ4v) is 5.43. The van der Waals surface area contributed by atoms with Gasteiger partial charge in [0.15, 0.2) is 4.32 Å². The number of halogens is 2. The van der Waals surface area contributed by atoms with Gasteiger partial charge in [-0.15, -0.1) is 0 Å². The normalized spacial score (nSPS) is 15.3. The minimum absolute atomic E-state index is 0.131. The van der Waals surface area contributed by atoms with Crippen LogP contribution in [0.2, 0.25) is 0 Å². The lowest BCUT2D eigenvalue weighted by atomic mass is 10.1. The highest BCUT2D eigenvalue weighted by Crippen LogP contribution is 2.37. The molecule has 1 saturated heterocycles. The van der Waals surface area contributed by atoms with Gasteiger partial charge in [0.05, 0.1) is 10.6 Å². The van der Waals surface area contributed by atoms with E-state index in [-0.39, 0.29) is 11.7 Å². The number of hydrogen-bond donors (Lipinski definition) is 0. The van der Waals surface area contributed by atoms with Gasteiger partial charge in [0.2, 0.25) is 0 Å². The topological polar surface area (TPSA) is 25.2 Å². The summed E-state index contributed by atoms with van der Waals surface area (Å²) in [5.41, 5.74) is 3.73. The van der Waals surface area contributed by atoms with Crippen LogP contribution in [0.25, 0.3) is 17.0 Å². The zero-order chi connectivity index (χ0) is 22.2. The summed E-state index contributed by atoms with van der Waals surface area (Å²) < 4.78 is 16.8. The number of anilines is 1. The van der Waals surface area contributed by atoms with E-state index in [1.165, 1.54) is 23.9 Å². The summed E-state index contributed by atoms with van der Waals surface area (Å²) in [5.74, 6) is -0.382. The number of para-hydroxylation sites is 1. The highest BCUT2D eigenvalue weighted by Gasteiger charge is 2.33. The number of rotatable bonds is 4. The number of fused-ring (bicyclic) bond motifs is 1. The van der Waals surface area contributed by atoms with Gasteiger partial charge in [-0.2, -0.15) is 0 Å². The Balaban J connectivity index is 1.52. The molecule has 0 aliphatic carbocycles. The van der Waals surface area contributed by atoms with Crippen LogP contribution in [0.4, 0.5) is 10.1 Å². The van der Waals surface area contributed by atoms with E-state index in [4.69, 9.17) is 12.2 Å². The fraction of sp³-hybridized carbons (Fsp3) is 0.0400. The number of carbonyl (C=O) groups is 1. The quantitative estimate of drug-likeness (QED) is 0.213. The van der Waals surface area contributed by atoms with Gasteiger partial charge in [0, 0.05) is 33.7 Å². The SMILES string of the molecule is O=C1/C(=C/c2cn(Cc3ccc(F)cc3)c3ccccc23)SC(=S)N1c1cccc(Br)c1. The number of amides is 1. The van der Waals surface area contributed by atoms with Gasteiger partial charge in [-0.05, 0) is 48.0 Å². The first-order chi connectivity index (χ1) is 15.5. The summed E-state index contributed by atoms with van der Waals surface area (Å²) in [6, 6.07) is 22.1. The maximum absolute atomic E-state index is 13.3. The van der Waals surface area contributed by atoms with E-state index in [1.54, 1.807) is 17.0 Å². The van der Waals surface area contributed by atoms with Crippen LogP contribution in [-0.4, -0.2) is 14.8 Å². The molecule has 0 radical (unpaired) electrons. The van der Waals surface area contributed by atoms with Gasteiger partial charge in [-0.25, -0.2) is 4.39 Å². The summed E-state index contributed by atoms with van der Waals surface area (Å²) in [4.78, 5) is 15.3. The van der Waals surface area contributed by atoms with Gasteiger partial charge in [-0.1, -0.05) is 76.3 Å². The molecule has 3 aromatic carbocycles. The van der Waals surface area contributed by atoms with Gasteiger partial charge in [0.1, 0.15) is 5.82 Å². The Kier molecular flexibility index (Phi) is 5.71. The third-order valence-electron chi connectivity index (χ3n) is 5.23. The Morgan fingerprint density at radius 3 is 2.59 bits per heavy atom. The maximum atomic E-state index is 13.3. The Bertz CT molecular complexity index is 1390. The first-order valence-corrected chi connectivity index (χ1v) is 11.9. The van der Waals surface area contributed by atoms with Crippen LogP contribution in [0.3, 0.4) is 0 Å². The minimum Gasteiger partial charge on any atom is -0.342 e. The predicted molar refractivity (Wildman–Crippen MR) is 137 cm³/mol. The van der Waals surface area contributed by atoms with Crippen molar-refractivity contribution >= 4 is 72.8 Å². The van der Waals surface area contributed by atoms with Crippen molar-refractivity contribution in [3.05, 3.63) is 105 Å². The summed E-state index contributed by atoms with van der Waals surface area (Å²) in [5, 5.41) is 1.04. The first kappa shape index (κ1) is 21.1. The molecule has 3 nitrogen and oxygen atoms in total. The molecule has 0 bridgehead atoms. The molecule has 1 amide bonds. The molecule has 4 aromatic rings. The second kappa shape index (κ2) is 8.65. The lowest BCUT2D eigenvalue weighted by Gasteiger charge is -2.14. The predicted octanol–water partition coefficient (Wildman–Crippen LogP) is 7.00. The molecule has 1 aliphatic heterocycles. The lowest BCUT2D eigenvalue weighted by Crippen LogP contribution is -2.27. The smallest absolute Gasteiger partial charge is 0.270 e. The molecule has 0 spiro atoms. The zero-order valence-electron chi connectivity index (χ0n) is 16.7. The largest absolute Gasteiger partial charge is 0.342 e. The third-order valence-corrected chi connectivity index (χ3v) is 7.03. The second-order valence-electron chi connectivity index (χ2n) is 7.35. The first-order valence-electron chi connectivity index (χ1n) is 9.85. The van der Waals surface area contributed by atoms with Gasteiger partial charge < -0.3 is 4.57 Å². The molecule has 0 N–H and O–H groups in total. The van der Waals surface area contributed by atoms with Crippen LogP contribution in [0.5, 0.6) is 0 Å². The molecule has 1 aliphatic rings. The standard InChI is InChI=1S/C25H16BrFN2OS2/c26-18-4-3-5-20(13-18)29-24(30)23(32-25(29)31)12-17-15-28(22-7-2-1-6-21(17)22)14-16-8-10-19(27)11-9-16/h1-13,15H,14H2/b23-12-. The molecule has 1 aromatic heterocycles. The average Bonchev–Trinajstić information content (AvgIpc) is 3.26. The molecule has 0 atom stereocenters. The van der Waals surface area contributed by atoms with E-state index in [0.29, 0.717) is 15.8 Å². The van der Waals surface area contributed by atoms with Crippen LogP contribution in [-0.2, 0) is 11.3 Å². The minimum atomic E-state index is -0.251. The van der Waals surface area contributed by atoms with Crippen molar-refractivity contribution in [1.29, 1.82) is 0 Å². The molecule has 2 heterocycles. The summed E-state index contributed by atoms with van der Waals surface area (Å²) >= 11 is 10.3. The Morgan fingerprint density at radius 1 is 1.03 bits per heavy atom. The van der Waals surface area contributed by atoms with E-state index < -0.39 is 0 Å². The number of benzene rings is 3. The van der Waals surface area contributed by atoms with E-state index in [9.17, 15) is 9.18 Å². The maximum Gasteiger partial charge on any atom is 0.270 e. The molecule has 5 rings (SSSR count). The fourth-order valence-electron chi connectivity index (χ4n) is 3.75. The molecule has 1 fully saturated rings. The Hall–Kier alpha value is -2.74. The summed E-state index contributed by atoms with van der Waals surface area (Å²) in [7, 11) is 0. The zero-order valence-corrected chi connectivity index (χ0v) is 19.9. The number of thiocarbonyl (C=S) groups is 1. The Labute approximate surface area is 202 Å². The number of nitrogens with zero attached hydrogens (tertiary/aromatic N) is 2. The van der Waals surface area contributed by atoms with E-state index in [2.05, 4.69) is 20.5 Å². The molecular formula is C25H16BrFN2OS2. The Morgan fingerprint density at radius 2 is 1.81 bits per heavy atom. The second-order valence-corrected chi connectivity index (χ2v) is 9.94. The van der Waals surface area contributed by atoms with Crippen LogP contribution in [0.1, 0.15) is 11.1 Å². The van der Waals surface area contributed by atoms with Crippen LogP contribution in [0, 0.1) is 5.82 Å². The van der Waals surface area contributed by atoms with Gasteiger partial charge in [0.25, 0.3) is 5.91 Å². The van der Waals surface area contributed by atoms with Crippen molar-refractivity contribution < 1.29 is 9.18 Å². The van der Waals surface area contributed by atoms with Crippen LogP contribution >= 0.6 is 39.9 Å². The van der Waals surface area contributed by atoms with Crippen molar-refractivity contribution in [2.24, 2.45) is 0 Å². The van der Waals surface area contributed by atoms with Crippen LogP contribution in [0.15, 0.2) is 88.4 Å². The van der Waals surface area contributed by atoms with Gasteiger partial charge in [-0.3, -0.25) is 9.69 Å². The van der Waals surface area contributed by atoms with Crippen molar-refractivity contribution in [2.45, 2.75) is 6.54 Å². The van der Waals surface area contributed by atoms with E-state index in [0.717, 1.165) is 32.2 Å². The molecule has 0 saturated carbocycles. The molecule has 7 heteroatoms. The van der Waals surface area contributed by atoms with Gasteiger partial charge >= 0.3 is 0 Å². The lowest BCUT2D eigenvalue weighted by molar-refractivity contribution is -0.113. The summed E-state index contributed by atoms with van der Waals surface area (Å²) in [6.07, 6.45) is 3.93. The van der Waals surface area contributed by atoms with Crippen molar-refractivity contribution in [1.82, 2.24) is 4.57 Å². The molecule has 0 unspecified atom stereocenters. The summed E-state index contributed by atoms with van der Waals surface area (Å²) in [6.45, 7) is 0.605. The third kappa shape index (κ3) is 4.03. The monoisotopic (exact) mass is 522 g/mol. The molecule has 158 valence electrons. The number of carbonyl (C=O) groups excluding carboxylic acids is 1.